The second-order valence-electron chi connectivity index (χ2n) is 7.93. The predicted octanol–water partition coefficient (Wildman–Crippen LogP) is 3.18. The maximum Gasteiger partial charge on any atom is 0.407 e. The summed E-state index contributed by atoms with van der Waals surface area (Å²) >= 11 is 0. The second kappa shape index (κ2) is 7.99. The topological polar surface area (TPSA) is 73.9 Å². The molecule has 134 valence electrons. The zero-order valence-corrected chi connectivity index (χ0v) is 15.2. The van der Waals surface area contributed by atoms with Gasteiger partial charge in [-0.3, -0.25) is 4.79 Å². The van der Waals surface area contributed by atoms with Crippen molar-refractivity contribution in [2.24, 2.45) is 0 Å². The number of hydrogen-bond acceptors (Lipinski definition) is 5. The molecule has 0 radical (unpaired) electrons. The lowest BCUT2D eigenvalue weighted by molar-refractivity contribution is -0.156. The largest absolute Gasteiger partial charge is 0.460 e. The molecular formula is C17H31NO5. The van der Waals surface area contributed by atoms with Gasteiger partial charge in [-0.05, 0) is 60.8 Å². The molecule has 1 fully saturated rings. The van der Waals surface area contributed by atoms with Crippen LogP contribution in [0.1, 0.15) is 67.2 Å². The van der Waals surface area contributed by atoms with Gasteiger partial charge >= 0.3 is 12.1 Å². The van der Waals surface area contributed by atoms with Crippen molar-refractivity contribution < 1.29 is 23.8 Å². The Morgan fingerprint density at radius 2 is 1.61 bits per heavy atom. The minimum Gasteiger partial charge on any atom is -0.460 e. The number of ether oxygens (including phenoxy) is 3. The highest BCUT2D eigenvalue weighted by Crippen LogP contribution is 2.23. The van der Waals surface area contributed by atoms with E-state index in [2.05, 4.69) is 5.32 Å². The number of carbonyl (C=O) groups is 2. The van der Waals surface area contributed by atoms with E-state index in [0.717, 1.165) is 19.3 Å². The monoisotopic (exact) mass is 329 g/mol. The highest BCUT2D eigenvalue weighted by Gasteiger charge is 2.31. The summed E-state index contributed by atoms with van der Waals surface area (Å²) in [6.45, 7) is 11.3. The summed E-state index contributed by atoms with van der Waals surface area (Å²) in [6.07, 6.45) is 2.42. The molecule has 23 heavy (non-hydrogen) atoms. The van der Waals surface area contributed by atoms with Gasteiger partial charge in [0, 0.05) is 0 Å². The zero-order chi connectivity index (χ0) is 17.7. The van der Waals surface area contributed by atoms with Gasteiger partial charge in [0.15, 0.2) is 0 Å². The summed E-state index contributed by atoms with van der Waals surface area (Å²) in [5.41, 5.74) is -0.999. The molecule has 0 heterocycles. The zero-order valence-electron chi connectivity index (χ0n) is 15.2. The van der Waals surface area contributed by atoms with E-state index in [-0.39, 0.29) is 24.5 Å². The highest BCUT2D eigenvalue weighted by molar-refractivity contribution is 5.70. The van der Waals surface area contributed by atoms with Gasteiger partial charge in [-0.25, -0.2) is 4.79 Å². The van der Waals surface area contributed by atoms with Crippen LogP contribution in [-0.4, -0.2) is 42.0 Å². The summed E-state index contributed by atoms with van der Waals surface area (Å²) in [6, 6.07) is -0.0662. The number of hydrogen-bond donors (Lipinski definition) is 1. The standard InChI is InChI=1S/C17H31NO5/c1-16(2,3)22-14(19)10-11-21-13-9-7-8-12(13)18-15(20)23-17(4,5)6/h12-13H,7-11H2,1-6H3,(H,18,20)/t12-,13-/m0/s1. The molecular weight excluding hydrogens is 298 g/mol. The van der Waals surface area contributed by atoms with Crippen LogP contribution in [0.4, 0.5) is 4.79 Å². The SMILES string of the molecule is CC(C)(C)OC(=O)CCO[C@H]1CCC[C@@H]1NC(=O)OC(C)(C)C. The molecule has 0 saturated heterocycles. The minimum atomic E-state index is -0.518. The summed E-state index contributed by atoms with van der Waals surface area (Å²) in [7, 11) is 0. The van der Waals surface area contributed by atoms with Gasteiger partial charge in [0.2, 0.25) is 0 Å². The van der Waals surface area contributed by atoms with Crippen LogP contribution in [0.3, 0.4) is 0 Å². The van der Waals surface area contributed by atoms with Crippen LogP contribution in [0, 0.1) is 0 Å². The fraction of sp³-hybridized carbons (Fsp3) is 0.882. The lowest BCUT2D eigenvalue weighted by atomic mass is 10.2. The first-order valence-corrected chi connectivity index (χ1v) is 8.29. The lowest BCUT2D eigenvalue weighted by Gasteiger charge is -2.25. The van der Waals surface area contributed by atoms with Crippen LogP contribution in [0.25, 0.3) is 0 Å². The van der Waals surface area contributed by atoms with Crippen LogP contribution in [0.15, 0.2) is 0 Å². The van der Waals surface area contributed by atoms with Crippen molar-refractivity contribution in [1.29, 1.82) is 0 Å². The average molecular weight is 329 g/mol. The van der Waals surface area contributed by atoms with E-state index in [1.54, 1.807) is 0 Å². The summed E-state index contributed by atoms with van der Waals surface area (Å²) in [5.74, 6) is -0.271. The summed E-state index contributed by atoms with van der Waals surface area (Å²) < 4.78 is 16.3. The van der Waals surface area contributed by atoms with Gasteiger partial charge in [-0.1, -0.05) is 0 Å². The molecule has 1 rings (SSSR count). The molecule has 0 aliphatic heterocycles. The second-order valence-corrected chi connectivity index (χ2v) is 7.93. The van der Waals surface area contributed by atoms with Gasteiger partial charge in [-0.15, -0.1) is 0 Å². The van der Waals surface area contributed by atoms with Crippen LogP contribution < -0.4 is 5.32 Å². The maximum absolute atomic E-state index is 11.8. The molecule has 1 saturated carbocycles. The molecule has 2 atom stereocenters. The molecule has 0 bridgehead atoms. The molecule has 0 spiro atoms. The van der Waals surface area contributed by atoms with E-state index in [1.165, 1.54) is 0 Å². The van der Waals surface area contributed by atoms with Crippen LogP contribution in [-0.2, 0) is 19.0 Å². The van der Waals surface area contributed by atoms with Crippen molar-refractivity contribution in [3.8, 4) is 0 Å². The van der Waals surface area contributed by atoms with Gasteiger partial charge in [0.1, 0.15) is 11.2 Å². The molecule has 6 nitrogen and oxygen atoms in total. The molecule has 0 unspecified atom stereocenters. The first-order chi connectivity index (χ1) is 10.5. The summed E-state index contributed by atoms with van der Waals surface area (Å²) in [4.78, 5) is 23.5. The minimum absolute atomic E-state index is 0.0662. The Bertz CT molecular complexity index is 408. The van der Waals surface area contributed by atoms with Crippen molar-refractivity contribution in [2.45, 2.75) is 90.6 Å². The normalized spacial score (nSPS) is 21.8. The number of rotatable bonds is 5. The Balaban J connectivity index is 2.33. The molecule has 1 amide bonds. The van der Waals surface area contributed by atoms with Gasteiger partial charge in [0.25, 0.3) is 0 Å². The fourth-order valence-electron chi connectivity index (χ4n) is 2.44. The average Bonchev–Trinajstić information content (AvgIpc) is 2.71. The first kappa shape index (κ1) is 19.7. The molecule has 0 aromatic carbocycles. The van der Waals surface area contributed by atoms with E-state index in [9.17, 15) is 9.59 Å². The highest BCUT2D eigenvalue weighted by atomic mass is 16.6. The Labute approximate surface area is 139 Å². The molecule has 1 N–H and O–H groups in total. The number of alkyl carbamates (subject to hydrolysis) is 1. The van der Waals surface area contributed by atoms with E-state index in [0.29, 0.717) is 6.61 Å². The lowest BCUT2D eigenvalue weighted by Crippen LogP contribution is -2.43. The van der Waals surface area contributed by atoms with E-state index in [4.69, 9.17) is 14.2 Å². The van der Waals surface area contributed by atoms with E-state index >= 15 is 0 Å². The third kappa shape index (κ3) is 8.79. The smallest absolute Gasteiger partial charge is 0.407 e. The first-order valence-electron chi connectivity index (χ1n) is 8.29. The molecule has 6 heteroatoms. The van der Waals surface area contributed by atoms with Crippen LogP contribution in [0.5, 0.6) is 0 Å². The Hall–Kier alpha value is -1.30. The Morgan fingerprint density at radius 3 is 2.17 bits per heavy atom. The molecule has 1 aliphatic carbocycles. The van der Waals surface area contributed by atoms with Crippen molar-refractivity contribution in [2.75, 3.05) is 6.61 Å². The van der Waals surface area contributed by atoms with Crippen molar-refractivity contribution in [1.82, 2.24) is 5.32 Å². The van der Waals surface area contributed by atoms with E-state index in [1.807, 2.05) is 41.5 Å². The van der Waals surface area contributed by atoms with E-state index < -0.39 is 17.3 Å². The predicted molar refractivity (Wildman–Crippen MR) is 87.2 cm³/mol. The third-order valence-corrected chi connectivity index (χ3v) is 3.21. The summed E-state index contributed by atoms with van der Waals surface area (Å²) in [5, 5.41) is 2.86. The number of carbonyl (C=O) groups excluding carboxylic acids is 2. The van der Waals surface area contributed by atoms with Crippen molar-refractivity contribution >= 4 is 12.1 Å². The molecule has 1 aliphatic rings. The van der Waals surface area contributed by atoms with Gasteiger partial charge in [-0.2, -0.15) is 0 Å². The molecule has 0 aromatic rings. The Kier molecular flexibility index (Phi) is 6.86. The van der Waals surface area contributed by atoms with Crippen LogP contribution in [0.2, 0.25) is 0 Å². The van der Waals surface area contributed by atoms with Crippen molar-refractivity contribution in [3.05, 3.63) is 0 Å². The van der Waals surface area contributed by atoms with Crippen LogP contribution >= 0.6 is 0 Å². The van der Waals surface area contributed by atoms with Gasteiger partial charge in [0.05, 0.1) is 25.2 Å². The quantitative estimate of drug-likeness (QED) is 0.784. The van der Waals surface area contributed by atoms with Gasteiger partial charge < -0.3 is 19.5 Å². The number of nitrogens with one attached hydrogen (secondary N) is 1. The number of amides is 1. The third-order valence-electron chi connectivity index (χ3n) is 3.21. The Morgan fingerprint density at radius 1 is 1.00 bits per heavy atom. The molecule has 0 aromatic heterocycles. The fourth-order valence-corrected chi connectivity index (χ4v) is 2.44. The van der Waals surface area contributed by atoms with Crippen molar-refractivity contribution in [3.63, 3.8) is 0 Å². The number of esters is 1. The maximum atomic E-state index is 11.8.